The van der Waals surface area contributed by atoms with Crippen LogP contribution in [0, 0.1) is 11.8 Å². The molecule has 1 spiro atoms. The number of halogens is 1. The number of amides is 3. The van der Waals surface area contributed by atoms with Gasteiger partial charge in [-0.3, -0.25) is 14.4 Å². The van der Waals surface area contributed by atoms with E-state index in [1.165, 1.54) is 4.90 Å². The number of likely N-dealkylation sites (tertiary alicyclic amines) is 1. The van der Waals surface area contributed by atoms with Gasteiger partial charge in [-0.2, -0.15) is 0 Å². The number of nitrogens with one attached hydrogen (secondary N) is 2. The van der Waals surface area contributed by atoms with Gasteiger partial charge in [-0.1, -0.05) is 29.3 Å². The average Bonchev–Trinajstić information content (AvgIpc) is 3.43. The number of thioether (sulfide) groups is 1. The first-order chi connectivity index (χ1) is 16.8. The van der Waals surface area contributed by atoms with E-state index in [0.29, 0.717) is 25.3 Å². The van der Waals surface area contributed by atoms with Gasteiger partial charge in [-0.05, 0) is 51.0 Å². The molecule has 0 saturated carbocycles. The van der Waals surface area contributed by atoms with Gasteiger partial charge in [0.1, 0.15) is 11.8 Å². The van der Waals surface area contributed by atoms with Gasteiger partial charge in [-0.15, -0.1) is 11.8 Å². The van der Waals surface area contributed by atoms with Crippen LogP contribution >= 0.6 is 27.7 Å². The molecule has 0 radical (unpaired) electrons. The molecule has 10 heteroatoms. The van der Waals surface area contributed by atoms with E-state index in [9.17, 15) is 19.5 Å². The summed E-state index contributed by atoms with van der Waals surface area (Å²) in [6.07, 6.45) is 2.41. The Kier molecular flexibility index (Phi) is 8.02. The highest BCUT2D eigenvalue weighted by Crippen LogP contribution is 2.68. The summed E-state index contributed by atoms with van der Waals surface area (Å²) in [6, 6.07) is 5.91. The van der Waals surface area contributed by atoms with Crippen LogP contribution in [0.1, 0.15) is 40.0 Å². The zero-order valence-electron chi connectivity index (χ0n) is 20.3. The van der Waals surface area contributed by atoms with E-state index in [-0.39, 0.29) is 34.4 Å². The molecule has 3 fully saturated rings. The number of benzene rings is 1. The molecule has 0 aliphatic carbocycles. The van der Waals surface area contributed by atoms with Gasteiger partial charge in [0.25, 0.3) is 0 Å². The van der Waals surface area contributed by atoms with Crippen LogP contribution in [-0.4, -0.2) is 74.4 Å². The summed E-state index contributed by atoms with van der Waals surface area (Å²) in [7, 11) is 0. The van der Waals surface area contributed by atoms with Crippen molar-refractivity contribution in [2.75, 3.05) is 25.1 Å². The normalized spacial score (nSPS) is 31.9. The maximum Gasteiger partial charge on any atom is 0.244 e. The lowest BCUT2D eigenvalue weighted by Gasteiger charge is -2.36. The predicted molar refractivity (Wildman–Crippen MR) is 140 cm³/mol. The van der Waals surface area contributed by atoms with Gasteiger partial charge in [0.15, 0.2) is 0 Å². The molecule has 4 rings (SSSR count). The Labute approximate surface area is 219 Å². The third-order valence-corrected chi connectivity index (χ3v) is 10.5. The fourth-order valence-electron chi connectivity index (χ4n) is 5.74. The first-order valence-corrected chi connectivity index (χ1v) is 14.1. The number of nitrogens with zero attached hydrogens (tertiary/aromatic N) is 1. The summed E-state index contributed by atoms with van der Waals surface area (Å²) in [4.78, 5) is 42.4. The van der Waals surface area contributed by atoms with E-state index in [1.54, 1.807) is 43.0 Å². The number of hydrogen-bond donors (Lipinski definition) is 3. The van der Waals surface area contributed by atoms with Crippen LogP contribution in [0.25, 0.3) is 0 Å². The van der Waals surface area contributed by atoms with E-state index in [4.69, 9.17) is 4.74 Å². The number of hydrogen-bond acceptors (Lipinski definition) is 6. The van der Waals surface area contributed by atoms with Crippen molar-refractivity contribution in [3.8, 4) is 5.75 Å². The first-order valence-electron chi connectivity index (χ1n) is 12.3. The highest BCUT2D eigenvalue weighted by molar-refractivity contribution is 9.09. The lowest BCUT2D eigenvalue weighted by atomic mass is 9.70. The number of alkyl halides is 1. The Balaban J connectivity index is 1.63. The van der Waals surface area contributed by atoms with Gasteiger partial charge in [0.05, 0.1) is 35.8 Å². The summed E-state index contributed by atoms with van der Waals surface area (Å²) < 4.78 is 4.76. The lowest BCUT2D eigenvalue weighted by molar-refractivity contribution is -0.141. The van der Waals surface area contributed by atoms with Crippen molar-refractivity contribution < 1.29 is 24.2 Å². The number of ether oxygens (including phenoxy) is 1. The van der Waals surface area contributed by atoms with Crippen LogP contribution in [0.4, 0.5) is 5.69 Å². The summed E-state index contributed by atoms with van der Waals surface area (Å²) in [6.45, 7) is 6.56. The molecule has 2 bridgehead atoms. The Hall–Kier alpha value is -1.78. The summed E-state index contributed by atoms with van der Waals surface area (Å²) in [5.41, 5.74) is 0.631. The number of unbranched alkanes of at least 4 members (excludes halogenated alkanes) is 1. The van der Waals surface area contributed by atoms with Crippen molar-refractivity contribution in [3.63, 3.8) is 0 Å². The molecule has 3 saturated heterocycles. The number of carbonyl (C=O) groups excluding carboxylic acids is 3. The zero-order valence-corrected chi connectivity index (χ0v) is 22.7. The summed E-state index contributed by atoms with van der Waals surface area (Å²) >= 11 is 5.35. The second-order valence-electron chi connectivity index (χ2n) is 9.53. The molecule has 192 valence electrons. The Bertz CT molecular complexity index is 963. The third-order valence-electron chi connectivity index (χ3n) is 7.28. The molecule has 3 heterocycles. The van der Waals surface area contributed by atoms with E-state index < -0.39 is 28.7 Å². The van der Waals surface area contributed by atoms with Crippen molar-refractivity contribution in [1.29, 1.82) is 0 Å². The molecular formula is C25H34BrN3O5S. The molecule has 8 nitrogen and oxygen atoms in total. The van der Waals surface area contributed by atoms with E-state index >= 15 is 0 Å². The van der Waals surface area contributed by atoms with E-state index in [1.807, 2.05) is 6.92 Å². The van der Waals surface area contributed by atoms with Crippen LogP contribution in [0.5, 0.6) is 5.75 Å². The number of rotatable bonds is 10. The van der Waals surface area contributed by atoms with Crippen molar-refractivity contribution in [1.82, 2.24) is 10.2 Å². The fourth-order valence-corrected chi connectivity index (χ4v) is 9.34. The standard InChI is InChI=1S/C25H34BrN3O5S/c1-4-6-11-27-23(32)21-25-12-17(26)20(35-25)18(19(25)24(33)29(21)14(3)13-30)22(31)28-15-7-9-16(10-8-15)34-5-2/h7-10,14,17-21,30H,4-6,11-13H2,1-3H3,(H,27,32)(H,28,31)/t14-,17?,18-,19+,20-,21?,25?/m1/s1. The second-order valence-corrected chi connectivity index (χ2v) is 12.2. The first kappa shape index (κ1) is 26.3. The monoisotopic (exact) mass is 567 g/mol. The maximum absolute atomic E-state index is 13.8. The van der Waals surface area contributed by atoms with Gasteiger partial charge < -0.3 is 25.4 Å². The molecule has 3 aliphatic heterocycles. The highest BCUT2D eigenvalue weighted by atomic mass is 79.9. The van der Waals surface area contributed by atoms with Gasteiger partial charge in [-0.25, -0.2) is 0 Å². The molecule has 3 aliphatic rings. The van der Waals surface area contributed by atoms with Gasteiger partial charge in [0.2, 0.25) is 17.7 Å². The van der Waals surface area contributed by atoms with Crippen LogP contribution < -0.4 is 15.4 Å². The lowest BCUT2D eigenvalue weighted by Crippen LogP contribution is -2.56. The molecular weight excluding hydrogens is 534 g/mol. The Morgan fingerprint density at radius 3 is 2.63 bits per heavy atom. The van der Waals surface area contributed by atoms with Gasteiger partial charge in [0, 0.05) is 22.3 Å². The smallest absolute Gasteiger partial charge is 0.244 e. The van der Waals surface area contributed by atoms with Crippen molar-refractivity contribution in [2.24, 2.45) is 11.8 Å². The molecule has 0 aromatic heterocycles. The van der Waals surface area contributed by atoms with E-state index in [2.05, 4.69) is 33.5 Å². The molecule has 3 N–H and O–H groups in total. The largest absolute Gasteiger partial charge is 0.494 e. The Morgan fingerprint density at radius 2 is 2.00 bits per heavy atom. The van der Waals surface area contributed by atoms with Crippen LogP contribution in [0.3, 0.4) is 0 Å². The van der Waals surface area contributed by atoms with Crippen LogP contribution in [0.2, 0.25) is 0 Å². The quantitative estimate of drug-likeness (QED) is 0.296. The van der Waals surface area contributed by atoms with Crippen molar-refractivity contribution in [2.45, 2.75) is 66.9 Å². The maximum atomic E-state index is 13.8. The van der Waals surface area contributed by atoms with Crippen molar-refractivity contribution in [3.05, 3.63) is 24.3 Å². The van der Waals surface area contributed by atoms with Crippen molar-refractivity contribution >= 4 is 51.1 Å². The molecule has 1 aromatic rings. The number of fused-ring (bicyclic) bond motifs is 1. The minimum absolute atomic E-state index is 0.00274. The van der Waals surface area contributed by atoms with Crippen LogP contribution in [0.15, 0.2) is 24.3 Å². The molecule has 3 amide bonds. The third kappa shape index (κ3) is 4.57. The van der Waals surface area contributed by atoms with Crippen LogP contribution in [-0.2, 0) is 14.4 Å². The summed E-state index contributed by atoms with van der Waals surface area (Å²) in [5, 5.41) is 15.8. The van der Waals surface area contributed by atoms with Gasteiger partial charge >= 0.3 is 0 Å². The Morgan fingerprint density at radius 1 is 1.29 bits per heavy atom. The number of aliphatic hydroxyl groups excluding tert-OH is 1. The topological polar surface area (TPSA) is 108 Å². The minimum Gasteiger partial charge on any atom is -0.494 e. The number of anilines is 1. The fraction of sp³-hybridized carbons (Fsp3) is 0.640. The zero-order chi connectivity index (χ0) is 25.3. The molecule has 7 atom stereocenters. The highest BCUT2D eigenvalue weighted by Gasteiger charge is 2.75. The van der Waals surface area contributed by atoms with E-state index in [0.717, 1.165) is 18.6 Å². The molecule has 35 heavy (non-hydrogen) atoms. The predicted octanol–water partition coefficient (Wildman–Crippen LogP) is 2.79. The molecule has 3 unspecified atom stereocenters. The molecule has 1 aromatic carbocycles. The second kappa shape index (κ2) is 10.7. The number of aliphatic hydroxyl groups is 1. The average molecular weight is 569 g/mol. The SMILES string of the molecule is CCCCNC(=O)C1N([C@H](C)CO)C(=O)[C@@H]2[C@@H](C(=O)Nc3ccc(OCC)cc3)[C@@H]3SC12CC3Br. The summed E-state index contributed by atoms with van der Waals surface area (Å²) in [5.74, 6) is -1.13. The number of carbonyl (C=O) groups is 3. The minimum atomic E-state index is -0.725.